The zero-order chi connectivity index (χ0) is 7.44. The molecule has 2 atom stereocenters. The Morgan fingerprint density at radius 1 is 1.11 bits per heavy atom. The predicted molar refractivity (Wildman–Crippen MR) is 43.4 cm³/mol. The van der Waals surface area contributed by atoms with E-state index in [9.17, 15) is 0 Å². The molecule has 0 aliphatic heterocycles. The van der Waals surface area contributed by atoms with E-state index < -0.39 is 0 Å². The minimum atomic E-state index is 0.657. The second kappa shape index (κ2) is 3.71. The van der Waals surface area contributed by atoms with Crippen molar-refractivity contribution < 1.29 is 0 Å². The van der Waals surface area contributed by atoms with Crippen LogP contribution in [-0.2, 0) is 0 Å². The molecule has 0 radical (unpaired) electrons. The van der Waals surface area contributed by atoms with Crippen molar-refractivity contribution in [3.05, 3.63) is 12.7 Å². The molecule has 0 aromatic heterocycles. The van der Waals surface area contributed by atoms with Crippen LogP contribution in [-0.4, -0.2) is 0 Å². The summed E-state index contributed by atoms with van der Waals surface area (Å²) in [5.41, 5.74) is 0. The molecule has 1 unspecified atom stereocenters. The van der Waals surface area contributed by atoms with Crippen LogP contribution in [0.15, 0.2) is 12.7 Å². The minimum absolute atomic E-state index is 0.657. The molecule has 0 N–H and O–H groups in total. The van der Waals surface area contributed by atoms with Gasteiger partial charge in [0.25, 0.3) is 0 Å². The lowest BCUT2D eigenvalue weighted by molar-refractivity contribution is 0.343. The van der Waals surface area contributed by atoms with Crippen LogP contribution in [0.1, 0.15) is 27.7 Å². The van der Waals surface area contributed by atoms with Crippen LogP contribution in [0.5, 0.6) is 0 Å². The molecule has 9 heavy (non-hydrogen) atoms. The molecule has 0 amide bonds. The van der Waals surface area contributed by atoms with Gasteiger partial charge < -0.3 is 0 Å². The van der Waals surface area contributed by atoms with E-state index in [1.165, 1.54) is 0 Å². The first-order valence-corrected chi connectivity index (χ1v) is 3.72. The van der Waals surface area contributed by atoms with Gasteiger partial charge in [-0.3, -0.25) is 0 Å². The van der Waals surface area contributed by atoms with E-state index in [1.54, 1.807) is 0 Å². The molecule has 0 aliphatic carbocycles. The lowest BCUT2D eigenvalue weighted by Gasteiger charge is -2.19. The van der Waals surface area contributed by atoms with E-state index in [-0.39, 0.29) is 0 Å². The zero-order valence-electron chi connectivity index (χ0n) is 7.02. The van der Waals surface area contributed by atoms with E-state index in [1.807, 2.05) is 6.08 Å². The standard InChI is InChI=1S/C9H18/c1-6-8(4)9(5)7(2)3/h6-9H,1H2,2-5H3/t8-,9?/m0/s1. The summed E-state index contributed by atoms with van der Waals surface area (Å²) in [4.78, 5) is 0. The van der Waals surface area contributed by atoms with Gasteiger partial charge in [-0.1, -0.05) is 33.8 Å². The third-order valence-corrected chi connectivity index (χ3v) is 2.25. The van der Waals surface area contributed by atoms with Crippen molar-refractivity contribution in [2.45, 2.75) is 27.7 Å². The van der Waals surface area contributed by atoms with Crippen LogP contribution < -0.4 is 0 Å². The van der Waals surface area contributed by atoms with Gasteiger partial charge in [0, 0.05) is 0 Å². The van der Waals surface area contributed by atoms with Crippen molar-refractivity contribution in [1.82, 2.24) is 0 Å². The van der Waals surface area contributed by atoms with E-state index in [2.05, 4.69) is 34.3 Å². The highest BCUT2D eigenvalue weighted by molar-refractivity contribution is 4.80. The maximum absolute atomic E-state index is 3.76. The van der Waals surface area contributed by atoms with Crippen molar-refractivity contribution in [2.75, 3.05) is 0 Å². The Kier molecular flexibility index (Phi) is 3.60. The van der Waals surface area contributed by atoms with Crippen LogP contribution in [0, 0.1) is 17.8 Å². The summed E-state index contributed by atoms with van der Waals surface area (Å²) in [7, 11) is 0. The van der Waals surface area contributed by atoms with Crippen LogP contribution in [0.2, 0.25) is 0 Å². The Bertz CT molecular complexity index is 82.0. The van der Waals surface area contributed by atoms with Gasteiger partial charge in [0.15, 0.2) is 0 Å². The van der Waals surface area contributed by atoms with Crippen molar-refractivity contribution in [2.24, 2.45) is 17.8 Å². The van der Waals surface area contributed by atoms with Gasteiger partial charge in [-0.2, -0.15) is 0 Å². The Morgan fingerprint density at radius 3 is 1.67 bits per heavy atom. The number of rotatable bonds is 3. The van der Waals surface area contributed by atoms with Gasteiger partial charge in [-0.25, -0.2) is 0 Å². The molecule has 0 saturated carbocycles. The maximum Gasteiger partial charge on any atom is -0.0236 e. The van der Waals surface area contributed by atoms with Crippen LogP contribution in [0.4, 0.5) is 0 Å². The molecule has 54 valence electrons. The Morgan fingerprint density at radius 2 is 1.56 bits per heavy atom. The van der Waals surface area contributed by atoms with Gasteiger partial charge in [0.1, 0.15) is 0 Å². The third kappa shape index (κ3) is 2.69. The second-order valence-electron chi connectivity index (χ2n) is 3.20. The zero-order valence-corrected chi connectivity index (χ0v) is 7.02. The fourth-order valence-corrected chi connectivity index (χ4v) is 0.822. The summed E-state index contributed by atoms with van der Waals surface area (Å²) in [5.74, 6) is 2.20. The molecule has 0 rings (SSSR count). The molecule has 0 aliphatic rings. The lowest BCUT2D eigenvalue weighted by Crippen LogP contribution is -2.11. The largest absolute Gasteiger partial charge is 0.103 e. The Balaban J connectivity index is 3.71. The first-order chi connectivity index (χ1) is 4.09. The number of allylic oxidation sites excluding steroid dienone is 1. The van der Waals surface area contributed by atoms with Gasteiger partial charge >= 0.3 is 0 Å². The molecule has 0 bridgehead atoms. The molecule has 0 aromatic rings. The fraction of sp³-hybridized carbons (Fsp3) is 0.778. The van der Waals surface area contributed by atoms with Gasteiger partial charge in [0.05, 0.1) is 0 Å². The summed E-state index contributed by atoms with van der Waals surface area (Å²) in [6.45, 7) is 12.8. The molecule has 0 heterocycles. The first kappa shape index (κ1) is 8.74. The van der Waals surface area contributed by atoms with Crippen LogP contribution >= 0.6 is 0 Å². The highest BCUT2D eigenvalue weighted by Gasteiger charge is 2.11. The third-order valence-electron chi connectivity index (χ3n) is 2.25. The summed E-state index contributed by atoms with van der Waals surface area (Å²) in [5, 5.41) is 0. The molecular formula is C9H18. The Hall–Kier alpha value is -0.260. The van der Waals surface area contributed by atoms with Gasteiger partial charge in [0.2, 0.25) is 0 Å². The molecule has 0 heteroatoms. The van der Waals surface area contributed by atoms with Crippen molar-refractivity contribution in [1.29, 1.82) is 0 Å². The van der Waals surface area contributed by atoms with Crippen molar-refractivity contribution in [3.8, 4) is 0 Å². The van der Waals surface area contributed by atoms with E-state index in [0.29, 0.717) is 5.92 Å². The maximum atomic E-state index is 3.76. The summed E-state index contributed by atoms with van der Waals surface area (Å²) >= 11 is 0. The fourth-order valence-electron chi connectivity index (χ4n) is 0.822. The molecule has 0 nitrogen and oxygen atoms in total. The van der Waals surface area contributed by atoms with E-state index >= 15 is 0 Å². The average molecular weight is 126 g/mol. The quantitative estimate of drug-likeness (QED) is 0.510. The molecule has 0 aromatic carbocycles. The second-order valence-corrected chi connectivity index (χ2v) is 3.20. The van der Waals surface area contributed by atoms with E-state index in [4.69, 9.17) is 0 Å². The van der Waals surface area contributed by atoms with Crippen molar-refractivity contribution >= 4 is 0 Å². The van der Waals surface area contributed by atoms with Gasteiger partial charge in [-0.05, 0) is 17.8 Å². The minimum Gasteiger partial charge on any atom is -0.103 e. The van der Waals surface area contributed by atoms with Crippen LogP contribution in [0.3, 0.4) is 0 Å². The molecule has 0 saturated heterocycles. The number of hydrogen-bond donors (Lipinski definition) is 0. The van der Waals surface area contributed by atoms with Crippen LogP contribution in [0.25, 0.3) is 0 Å². The smallest absolute Gasteiger partial charge is 0.0236 e. The van der Waals surface area contributed by atoms with Crippen molar-refractivity contribution in [3.63, 3.8) is 0 Å². The molecular weight excluding hydrogens is 108 g/mol. The highest BCUT2D eigenvalue weighted by atomic mass is 14.2. The summed E-state index contributed by atoms with van der Waals surface area (Å²) in [6.07, 6.45) is 2.03. The highest BCUT2D eigenvalue weighted by Crippen LogP contribution is 2.19. The predicted octanol–water partition coefficient (Wildman–Crippen LogP) is 3.10. The SMILES string of the molecule is C=C[C@H](C)C(C)C(C)C. The summed E-state index contributed by atoms with van der Waals surface area (Å²) in [6, 6.07) is 0. The monoisotopic (exact) mass is 126 g/mol. The topological polar surface area (TPSA) is 0 Å². The summed E-state index contributed by atoms with van der Waals surface area (Å²) < 4.78 is 0. The Labute approximate surface area is 59.0 Å². The molecule has 0 fully saturated rings. The molecule has 0 spiro atoms. The first-order valence-electron chi connectivity index (χ1n) is 3.72. The number of hydrogen-bond acceptors (Lipinski definition) is 0. The van der Waals surface area contributed by atoms with E-state index in [0.717, 1.165) is 11.8 Å². The van der Waals surface area contributed by atoms with Gasteiger partial charge in [-0.15, -0.1) is 6.58 Å². The normalized spacial score (nSPS) is 17.4. The lowest BCUT2D eigenvalue weighted by atomic mass is 9.86. The average Bonchev–Trinajstić information content (AvgIpc) is 1.84.